The summed E-state index contributed by atoms with van der Waals surface area (Å²) in [6.45, 7) is 2.88. The molecule has 2 heterocycles. The Morgan fingerprint density at radius 1 is 1.00 bits per heavy atom. The molecule has 0 radical (unpaired) electrons. The maximum absolute atomic E-state index is 13.0. The maximum atomic E-state index is 13.0. The molecular formula is C23H23NO4. The van der Waals surface area contributed by atoms with Crippen LogP contribution in [0.4, 0.5) is 0 Å². The van der Waals surface area contributed by atoms with Gasteiger partial charge in [-0.1, -0.05) is 50.5 Å². The summed E-state index contributed by atoms with van der Waals surface area (Å²) in [5.74, 6) is 0.527. The van der Waals surface area contributed by atoms with Gasteiger partial charge in [0.2, 0.25) is 5.76 Å². The van der Waals surface area contributed by atoms with E-state index < -0.39 is 6.04 Å². The number of unbranched alkanes of at least 4 members (excludes halogenated alkanes) is 3. The number of carbonyl (C=O) groups is 1. The van der Waals surface area contributed by atoms with Gasteiger partial charge in [-0.25, -0.2) is 0 Å². The van der Waals surface area contributed by atoms with Gasteiger partial charge in [0, 0.05) is 0 Å². The normalized spacial score (nSPS) is 15.5. The summed E-state index contributed by atoms with van der Waals surface area (Å²) in [5.41, 5.74) is 1.45. The molecule has 0 bridgehead atoms. The SMILES string of the molecule is CCCCCCOc1ccc(C2NC(=O)c3oc4ccccc4c(=O)c32)cc1. The summed E-state index contributed by atoms with van der Waals surface area (Å²) >= 11 is 0. The van der Waals surface area contributed by atoms with Gasteiger partial charge in [0.15, 0.2) is 5.43 Å². The van der Waals surface area contributed by atoms with Gasteiger partial charge < -0.3 is 14.5 Å². The van der Waals surface area contributed by atoms with E-state index in [4.69, 9.17) is 9.15 Å². The van der Waals surface area contributed by atoms with E-state index in [0.717, 1.165) is 17.7 Å². The molecule has 1 atom stereocenters. The van der Waals surface area contributed by atoms with Crippen molar-refractivity contribution in [2.45, 2.75) is 38.6 Å². The fraction of sp³-hybridized carbons (Fsp3) is 0.304. The standard InChI is InChI=1S/C23H23NO4/c1-2-3-4-7-14-27-16-12-10-15(11-13-16)20-19-21(25)17-8-5-6-9-18(17)28-22(19)23(26)24-20/h5-6,8-13,20H,2-4,7,14H2,1H3,(H,24,26). The molecule has 1 aromatic heterocycles. The molecule has 0 aliphatic carbocycles. The first-order valence-electron chi connectivity index (χ1n) is 9.78. The summed E-state index contributed by atoms with van der Waals surface area (Å²) in [4.78, 5) is 25.3. The number of rotatable bonds is 7. The van der Waals surface area contributed by atoms with Gasteiger partial charge in [0.1, 0.15) is 11.3 Å². The number of para-hydroxylation sites is 1. The minimum atomic E-state index is -0.512. The molecular weight excluding hydrogens is 354 g/mol. The van der Waals surface area contributed by atoms with Crippen molar-refractivity contribution in [1.29, 1.82) is 0 Å². The third-order valence-corrected chi connectivity index (χ3v) is 5.08. The van der Waals surface area contributed by atoms with Crippen LogP contribution in [0.2, 0.25) is 0 Å². The Hall–Kier alpha value is -3.08. The third-order valence-electron chi connectivity index (χ3n) is 5.08. The Bertz CT molecular complexity index is 1050. The quantitative estimate of drug-likeness (QED) is 0.612. The molecule has 28 heavy (non-hydrogen) atoms. The van der Waals surface area contributed by atoms with Crippen molar-refractivity contribution < 1.29 is 13.9 Å². The number of hydrogen-bond acceptors (Lipinski definition) is 4. The smallest absolute Gasteiger partial charge is 0.288 e. The lowest BCUT2D eigenvalue weighted by Crippen LogP contribution is -2.21. The molecule has 1 aliphatic rings. The third kappa shape index (κ3) is 3.40. The van der Waals surface area contributed by atoms with Crippen LogP contribution < -0.4 is 15.5 Å². The van der Waals surface area contributed by atoms with E-state index >= 15 is 0 Å². The highest BCUT2D eigenvalue weighted by Crippen LogP contribution is 2.31. The predicted molar refractivity (Wildman–Crippen MR) is 108 cm³/mol. The van der Waals surface area contributed by atoms with Crippen LogP contribution in [0.1, 0.15) is 60.3 Å². The summed E-state index contributed by atoms with van der Waals surface area (Å²) < 4.78 is 11.5. The molecule has 1 aliphatic heterocycles. The van der Waals surface area contributed by atoms with Gasteiger partial charge in [-0.05, 0) is 36.2 Å². The van der Waals surface area contributed by atoms with E-state index in [0.29, 0.717) is 23.1 Å². The van der Waals surface area contributed by atoms with Gasteiger partial charge >= 0.3 is 0 Å². The zero-order valence-corrected chi connectivity index (χ0v) is 15.9. The van der Waals surface area contributed by atoms with E-state index in [9.17, 15) is 9.59 Å². The highest BCUT2D eigenvalue weighted by Gasteiger charge is 2.35. The molecule has 1 unspecified atom stereocenters. The Kier molecular flexibility index (Phi) is 5.15. The van der Waals surface area contributed by atoms with E-state index in [1.807, 2.05) is 24.3 Å². The Labute approximate surface area is 163 Å². The topological polar surface area (TPSA) is 68.5 Å². The lowest BCUT2D eigenvalue weighted by Gasteiger charge is -2.13. The first-order chi connectivity index (χ1) is 13.7. The van der Waals surface area contributed by atoms with Gasteiger partial charge in [-0.15, -0.1) is 0 Å². The van der Waals surface area contributed by atoms with Crippen LogP contribution in [0.25, 0.3) is 11.0 Å². The van der Waals surface area contributed by atoms with Crippen molar-refractivity contribution in [1.82, 2.24) is 5.32 Å². The van der Waals surface area contributed by atoms with Crippen LogP contribution in [0.3, 0.4) is 0 Å². The zero-order valence-electron chi connectivity index (χ0n) is 15.9. The fourth-order valence-electron chi connectivity index (χ4n) is 3.58. The first kappa shape index (κ1) is 18.3. The lowest BCUT2D eigenvalue weighted by molar-refractivity contribution is 0.0938. The van der Waals surface area contributed by atoms with Gasteiger partial charge in [-0.3, -0.25) is 9.59 Å². The lowest BCUT2D eigenvalue weighted by atomic mass is 9.99. The molecule has 3 aromatic rings. The molecule has 5 heteroatoms. The molecule has 0 saturated carbocycles. The first-order valence-corrected chi connectivity index (χ1v) is 9.78. The number of nitrogens with one attached hydrogen (secondary N) is 1. The van der Waals surface area contributed by atoms with Crippen molar-refractivity contribution in [3.8, 4) is 5.75 Å². The van der Waals surface area contributed by atoms with Crippen molar-refractivity contribution in [3.63, 3.8) is 0 Å². The number of carbonyl (C=O) groups excluding carboxylic acids is 1. The molecule has 0 fully saturated rings. The fourth-order valence-corrected chi connectivity index (χ4v) is 3.58. The highest BCUT2D eigenvalue weighted by molar-refractivity contribution is 5.98. The molecule has 1 N–H and O–H groups in total. The summed E-state index contributed by atoms with van der Waals surface area (Å²) in [6, 6.07) is 14.0. The maximum Gasteiger partial charge on any atom is 0.288 e. The van der Waals surface area contributed by atoms with Crippen molar-refractivity contribution >= 4 is 16.9 Å². The molecule has 5 nitrogen and oxygen atoms in total. The number of hydrogen-bond donors (Lipinski definition) is 1. The van der Waals surface area contributed by atoms with Crippen LogP contribution in [-0.4, -0.2) is 12.5 Å². The van der Waals surface area contributed by atoms with E-state index in [1.54, 1.807) is 24.3 Å². The van der Waals surface area contributed by atoms with Crippen LogP contribution >= 0.6 is 0 Å². The van der Waals surface area contributed by atoms with Crippen molar-refractivity contribution in [2.75, 3.05) is 6.61 Å². The summed E-state index contributed by atoms with van der Waals surface area (Å²) in [5, 5.41) is 3.34. The minimum absolute atomic E-state index is 0.102. The molecule has 2 aromatic carbocycles. The van der Waals surface area contributed by atoms with Gasteiger partial charge in [0.05, 0.1) is 23.6 Å². The highest BCUT2D eigenvalue weighted by atomic mass is 16.5. The van der Waals surface area contributed by atoms with Crippen LogP contribution in [0.15, 0.2) is 57.7 Å². The molecule has 0 saturated heterocycles. The Balaban J connectivity index is 1.58. The number of ether oxygens (including phenoxy) is 1. The second-order valence-electron chi connectivity index (χ2n) is 7.05. The van der Waals surface area contributed by atoms with E-state index in [2.05, 4.69) is 12.2 Å². The monoisotopic (exact) mass is 377 g/mol. The largest absolute Gasteiger partial charge is 0.494 e. The molecule has 4 rings (SSSR count). The zero-order chi connectivity index (χ0) is 19.5. The summed E-state index contributed by atoms with van der Waals surface area (Å²) in [6.07, 6.45) is 4.63. The number of amides is 1. The van der Waals surface area contributed by atoms with Gasteiger partial charge in [0.25, 0.3) is 5.91 Å². The average Bonchev–Trinajstić information content (AvgIpc) is 3.05. The number of benzene rings is 2. The molecule has 0 spiro atoms. The predicted octanol–water partition coefficient (Wildman–Crippen LogP) is 4.58. The van der Waals surface area contributed by atoms with Crippen LogP contribution in [0.5, 0.6) is 5.75 Å². The summed E-state index contributed by atoms with van der Waals surface area (Å²) in [7, 11) is 0. The van der Waals surface area contributed by atoms with Crippen molar-refractivity contribution in [3.05, 3.63) is 75.6 Å². The van der Waals surface area contributed by atoms with Crippen LogP contribution in [0, 0.1) is 0 Å². The second-order valence-corrected chi connectivity index (χ2v) is 7.05. The van der Waals surface area contributed by atoms with Crippen LogP contribution in [-0.2, 0) is 0 Å². The number of fused-ring (bicyclic) bond motifs is 2. The van der Waals surface area contributed by atoms with E-state index in [1.165, 1.54) is 19.3 Å². The van der Waals surface area contributed by atoms with E-state index in [-0.39, 0.29) is 17.1 Å². The molecule has 1 amide bonds. The second kappa shape index (κ2) is 7.89. The Morgan fingerprint density at radius 3 is 2.57 bits per heavy atom. The average molecular weight is 377 g/mol. The van der Waals surface area contributed by atoms with Gasteiger partial charge in [-0.2, -0.15) is 0 Å². The van der Waals surface area contributed by atoms with Crippen molar-refractivity contribution in [2.24, 2.45) is 0 Å². The molecule has 144 valence electrons. The minimum Gasteiger partial charge on any atom is -0.494 e. The Morgan fingerprint density at radius 2 is 1.79 bits per heavy atom.